The predicted molar refractivity (Wildman–Crippen MR) is 209 cm³/mol. The van der Waals surface area contributed by atoms with E-state index in [1.165, 1.54) is 11.0 Å². The SMILES string of the molecule is C=CCNC(=O)C(=O)C(CC1CC1)C(C)CCC(=O)[C@@H]1C[C@@H](C(C)C)CN1C(=O)[C@@H](NC(=O)N[C@H](CN1C(=O)CC(C)(C)CC1=O)C(C)(C)C)C(C)(C)C. The molecule has 2 saturated heterocycles. The maximum atomic E-state index is 14.5. The van der Waals surface area contributed by atoms with E-state index < -0.39 is 58.0 Å². The van der Waals surface area contributed by atoms with E-state index in [0.29, 0.717) is 31.7 Å². The third-order valence-electron chi connectivity index (χ3n) is 11.7. The zero-order valence-corrected chi connectivity index (χ0v) is 34.9. The summed E-state index contributed by atoms with van der Waals surface area (Å²) in [5, 5.41) is 8.49. The summed E-state index contributed by atoms with van der Waals surface area (Å²) in [5.74, 6) is -2.01. The lowest BCUT2D eigenvalue weighted by Gasteiger charge is -2.40. The maximum Gasteiger partial charge on any atom is 0.315 e. The first-order valence-electron chi connectivity index (χ1n) is 20.0. The van der Waals surface area contributed by atoms with E-state index in [0.717, 1.165) is 12.8 Å². The highest BCUT2D eigenvalue weighted by Crippen LogP contribution is 2.39. The van der Waals surface area contributed by atoms with Crippen LogP contribution in [0.3, 0.4) is 0 Å². The number of piperidine rings is 1. The fraction of sp³-hybridized carbons (Fsp3) is 0.786. The molecule has 12 nitrogen and oxygen atoms in total. The first-order chi connectivity index (χ1) is 24.9. The number of urea groups is 1. The van der Waals surface area contributed by atoms with Gasteiger partial charge in [-0.1, -0.05) is 95.1 Å². The summed E-state index contributed by atoms with van der Waals surface area (Å²) in [6, 6.07) is -2.85. The topological polar surface area (TPSA) is 162 Å². The van der Waals surface area contributed by atoms with Crippen molar-refractivity contribution < 1.29 is 33.6 Å². The minimum atomic E-state index is -0.980. The number of carbonyl (C=O) groups is 7. The summed E-state index contributed by atoms with van der Waals surface area (Å²) in [6.45, 7) is 25.4. The number of ketones is 2. The number of nitrogens with one attached hydrogen (secondary N) is 3. The molecule has 304 valence electrons. The summed E-state index contributed by atoms with van der Waals surface area (Å²) < 4.78 is 0. The third-order valence-corrected chi connectivity index (χ3v) is 11.7. The minimum Gasteiger partial charge on any atom is -0.346 e. The molecule has 2 unspecified atom stereocenters. The zero-order chi connectivity index (χ0) is 40.9. The van der Waals surface area contributed by atoms with E-state index in [1.807, 2.05) is 62.3 Å². The Morgan fingerprint density at radius 1 is 0.926 bits per heavy atom. The average molecular weight is 756 g/mol. The molecule has 12 heteroatoms. The van der Waals surface area contributed by atoms with Crippen LogP contribution in [0.4, 0.5) is 4.79 Å². The maximum absolute atomic E-state index is 14.5. The molecule has 0 aromatic rings. The minimum absolute atomic E-state index is 0.0165. The lowest BCUT2D eigenvalue weighted by molar-refractivity contribution is -0.153. The second kappa shape index (κ2) is 17.9. The molecule has 0 bridgehead atoms. The van der Waals surface area contributed by atoms with Crippen LogP contribution in [0, 0.1) is 45.8 Å². The van der Waals surface area contributed by atoms with Crippen LogP contribution in [0.15, 0.2) is 12.7 Å². The van der Waals surface area contributed by atoms with Crippen LogP contribution in [0.5, 0.6) is 0 Å². The van der Waals surface area contributed by atoms with Gasteiger partial charge in [-0.25, -0.2) is 4.79 Å². The molecule has 1 aliphatic carbocycles. The molecule has 3 fully saturated rings. The van der Waals surface area contributed by atoms with Crippen molar-refractivity contribution in [1.29, 1.82) is 0 Å². The van der Waals surface area contributed by atoms with Crippen molar-refractivity contribution >= 4 is 41.2 Å². The molecule has 0 aromatic carbocycles. The molecule has 0 radical (unpaired) electrons. The zero-order valence-electron chi connectivity index (χ0n) is 34.9. The summed E-state index contributed by atoms with van der Waals surface area (Å²) in [6.07, 6.45) is 5.78. The lowest BCUT2D eigenvalue weighted by Crippen LogP contribution is -2.61. The smallest absolute Gasteiger partial charge is 0.315 e. The molecule has 54 heavy (non-hydrogen) atoms. The fourth-order valence-electron chi connectivity index (χ4n) is 7.65. The van der Waals surface area contributed by atoms with E-state index >= 15 is 0 Å². The van der Waals surface area contributed by atoms with Gasteiger partial charge < -0.3 is 20.9 Å². The van der Waals surface area contributed by atoms with Crippen LogP contribution in [-0.4, -0.2) is 88.8 Å². The van der Waals surface area contributed by atoms with Gasteiger partial charge in [0.1, 0.15) is 6.04 Å². The number of rotatable bonds is 17. The highest BCUT2D eigenvalue weighted by Gasteiger charge is 2.46. The first-order valence-corrected chi connectivity index (χ1v) is 20.0. The van der Waals surface area contributed by atoms with Crippen LogP contribution >= 0.6 is 0 Å². The van der Waals surface area contributed by atoms with E-state index in [4.69, 9.17) is 0 Å². The van der Waals surface area contributed by atoms with E-state index in [-0.39, 0.29) is 73.6 Å². The van der Waals surface area contributed by atoms with Gasteiger partial charge in [0.15, 0.2) is 5.78 Å². The number of amides is 6. The number of imide groups is 1. The fourth-order valence-corrected chi connectivity index (χ4v) is 7.65. The summed E-state index contributed by atoms with van der Waals surface area (Å²) in [5.41, 5.74) is -1.68. The quantitative estimate of drug-likeness (QED) is 0.101. The lowest BCUT2D eigenvalue weighted by atomic mass is 9.80. The van der Waals surface area contributed by atoms with Gasteiger partial charge in [0.05, 0.1) is 12.1 Å². The highest BCUT2D eigenvalue weighted by molar-refractivity contribution is 6.37. The number of likely N-dealkylation sites (tertiary alicyclic amines) is 2. The molecule has 3 aliphatic rings. The summed E-state index contributed by atoms with van der Waals surface area (Å²) >= 11 is 0. The van der Waals surface area contributed by atoms with Crippen LogP contribution in [0.25, 0.3) is 0 Å². The predicted octanol–water partition coefficient (Wildman–Crippen LogP) is 5.44. The van der Waals surface area contributed by atoms with Gasteiger partial charge >= 0.3 is 6.03 Å². The van der Waals surface area contributed by atoms with Crippen molar-refractivity contribution in [2.24, 2.45) is 45.8 Å². The Morgan fingerprint density at radius 3 is 2.02 bits per heavy atom. The second-order valence-corrected chi connectivity index (χ2v) is 19.6. The number of hydrogen-bond acceptors (Lipinski definition) is 7. The summed E-state index contributed by atoms with van der Waals surface area (Å²) in [7, 11) is 0. The molecular formula is C42H69N5O7. The Labute approximate surface area is 323 Å². The normalized spacial score (nSPS) is 22.7. The molecule has 2 heterocycles. The number of carbonyl (C=O) groups excluding carboxylic acids is 7. The molecule has 6 atom stereocenters. The average Bonchev–Trinajstić information content (AvgIpc) is 3.76. The Hall–Kier alpha value is -3.57. The van der Waals surface area contributed by atoms with Gasteiger partial charge in [0.25, 0.3) is 5.91 Å². The Balaban J connectivity index is 1.76. The van der Waals surface area contributed by atoms with Gasteiger partial charge in [-0.2, -0.15) is 0 Å². The van der Waals surface area contributed by atoms with Crippen molar-refractivity contribution in [3.63, 3.8) is 0 Å². The van der Waals surface area contributed by atoms with Gasteiger partial charge in [-0.3, -0.25) is 33.7 Å². The first kappa shape index (κ1) is 44.8. The van der Waals surface area contributed by atoms with E-state index in [9.17, 15) is 33.6 Å². The van der Waals surface area contributed by atoms with Crippen molar-refractivity contribution in [3.05, 3.63) is 12.7 Å². The molecule has 2 aliphatic heterocycles. The Kier molecular flexibility index (Phi) is 14.9. The summed E-state index contributed by atoms with van der Waals surface area (Å²) in [4.78, 5) is 97.0. The monoisotopic (exact) mass is 756 g/mol. The van der Waals surface area contributed by atoms with Gasteiger partial charge in [-0.15, -0.1) is 6.58 Å². The van der Waals surface area contributed by atoms with Crippen LogP contribution in [-0.2, 0) is 28.8 Å². The molecule has 0 aromatic heterocycles. The van der Waals surface area contributed by atoms with Crippen LogP contribution in [0.1, 0.15) is 128 Å². The second-order valence-electron chi connectivity index (χ2n) is 19.6. The third kappa shape index (κ3) is 12.2. The van der Waals surface area contributed by atoms with Crippen LogP contribution < -0.4 is 16.0 Å². The molecule has 3 N–H and O–H groups in total. The van der Waals surface area contributed by atoms with Gasteiger partial charge in [0.2, 0.25) is 23.5 Å². The standard InChI is InChI=1S/C42H69N5O7/c1-13-18-43-37(52)35(51)29(19-27-15-16-27)26(4)14-17-31(48)30-20-28(25(2)3)23-46(30)38(53)36(41(8,9)10)45-39(54)44-32(40(5,6)7)24-47-33(49)21-42(11,12)22-34(47)50/h13,25-30,32,36H,1,14-24H2,2-12H3,(H,43,52)(H2,44,45,54)/t26?,28-,29?,30+,32-,36-/m1/s1. The van der Waals surface area contributed by atoms with Crippen molar-refractivity contribution in [2.75, 3.05) is 19.6 Å². The highest BCUT2D eigenvalue weighted by atomic mass is 16.2. The molecular weight excluding hydrogens is 686 g/mol. The van der Waals surface area contributed by atoms with Crippen molar-refractivity contribution in [2.45, 2.75) is 146 Å². The number of nitrogens with zero attached hydrogens (tertiary/aromatic N) is 2. The van der Waals surface area contributed by atoms with Gasteiger partial charge in [-0.05, 0) is 59.2 Å². The van der Waals surface area contributed by atoms with E-state index in [1.54, 1.807) is 4.90 Å². The van der Waals surface area contributed by atoms with E-state index in [2.05, 4.69) is 36.4 Å². The molecule has 0 spiro atoms. The molecule has 1 saturated carbocycles. The van der Waals surface area contributed by atoms with Gasteiger partial charge in [0, 0.05) is 44.8 Å². The molecule has 6 amide bonds. The largest absolute Gasteiger partial charge is 0.346 e. The Bertz CT molecular complexity index is 1420. The van der Waals surface area contributed by atoms with Crippen molar-refractivity contribution in [1.82, 2.24) is 25.8 Å². The Morgan fingerprint density at radius 2 is 1.52 bits per heavy atom. The van der Waals surface area contributed by atoms with Crippen molar-refractivity contribution in [3.8, 4) is 0 Å². The number of hydrogen-bond donors (Lipinski definition) is 3. The van der Waals surface area contributed by atoms with Crippen LogP contribution in [0.2, 0.25) is 0 Å². The molecule has 3 rings (SSSR count). The number of Topliss-reactive ketones (excluding diaryl/α,β-unsaturated/α-hetero) is 2.